The SMILES string of the molecule is CCOC(=O)CNC(=O)CCNC(=O)c1ccccc1. The Bertz CT molecular complexity index is 460. The largest absolute Gasteiger partial charge is 0.465 e. The molecule has 0 fully saturated rings. The summed E-state index contributed by atoms with van der Waals surface area (Å²) in [4.78, 5) is 34.1. The maximum absolute atomic E-state index is 11.7. The van der Waals surface area contributed by atoms with E-state index in [2.05, 4.69) is 15.4 Å². The molecule has 0 aromatic heterocycles. The highest BCUT2D eigenvalue weighted by molar-refractivity contribution is 5.94. The van der Waals surface area contributed by atoms with Crippen LogP contribution in [0, 0.1) is 0 Å². The fraction of sp³-hybridized carbons (Fsp3) is 0.357. The molecule has 0 aliphatic rings. The lowest BCUT2D eigenvalue weighted by molar-refractivity contribution is -0.143. The third-order valence-corrected chi connectivity index (χ3v) is 2.41. The number of rotatable bonds is 7. The summed E-state index contributed by atoms with van der Waals surface area (Å²) >= 11 is 0. The Morgan fingerprint density at radius 2 is 1.80 bits per heavy atom. The molecule has 2 amide bonds. The van der Waals surface area contributed by atoms with Gasteiger partial charge >= 0.3 is 5.97 Å². The van der Waals surface area contributed by atoms with Gasteiger partial charge in [-0.2, -0.15) is 0 Å². The lowest BCUT2D eigenvalue weighted by atomic mass is 10.2. The third kappa shape index (κ3) is 5.99. The Morgan fingerprint density at radius 1 is 1.10 bits per heavy atom. The number of carbonyl (C=O) groups excluding carboxylic acids is 3. The Balaban J connectivity index is 2.19. The fourth-order valence-corrected chi connectivity index (χ4v) is 1.45. The number of carbonyl (C=O) groups is 3. The van der Waals surface area contributed by atoms with Crippen LogP contribution in [0.3, 0.4) is 0 Å². The molecule has 20 heavy (non-hydrogen) atoms. The molecule has 1 aromatic carbocycles. The van der Waals surface area contributed by atoms with E-state index in [0.29, 0.717) is 5.56 Å². The molecule has 0 heterocycles. The Labute approximate surface area is 117 Å². The molecule has 0 saturated carbocycles. The zero-order valence-electron chi connectivity index (χ0n) is 11.3. The van der Waals surface area contributed by atoms with Crippen LogP contribution in [0.15, 0.2) is 30.3 Å². The van der Waals surface area contributed by atoms with Gasteiger partial charge in [-0.1, -0.05) is 18.2 Å². The molecule has 0 bridgehead atoms. The maximum Gasteiger partial charge on any atom is 0.325 e. The van der Waals surface area contributed by atoms with Gasteiger partial charge in [-0.15, -0.1) is 0 Å². The summed E-state index contributed by atoms with van der Waals surface area (Å²) < 4.78 is 4.67. The summed E-state index contributed by atoms with van der Waals surface area (Å²) in [5, 5.41) is 5.04. The van der Waals surface area contributed by atoms with Crippen LogP contribution in [-0.4, -0.2) is 37.5 Å². The summed E-state index contributed by atoms with van der Waals surface area (Å²) in [5.74, 6) is -1.02. The molecule has 108 valence electrons. The van der Waals surface area contributed by atoms with Gasteiger partial charge in [-0.05, 0) is 19.1 Å². The van der Waals surface area contributed by atoms with E-state index in [-0.39, 0.29) is 37.9 Å². The predicted molar refractivity (Wildman–Crippen MR) is 73.0 cm³/mol. The number of benzene rings is 1. The molecular formula is C14H18N2O4. The average Bonchev–Trinajstić information content (AvgIpc) is 2.46. The first kappa shape index (κ1) is 15.7. The summed E-state index contributed by atoms with van der Waals surface area (Å²) in [6, 6.07) is 8.73. The molecule has 1 rings (SSSR count). The molecule has 0 radical (unpaired) electrons. The van der Waals surface area contributed by atoms with E-state index in [9.17, 15) is 14.4 Å². The zero-order valence-corrected chi connectivity index (χ0v) is 11.3. The Hall–Kier alpha value is -2.37. The molecule has 0 atom stereocenters. The van der Waals surface area contributed by atoms with E-state index < -0.39 is 5.97 Å². The number of esters is 1. The van der Waals surface area contributed by atoms with Crippen LogP contribution in [0.5, 0.6) is 0 Å². The molecule has 0 aliphatic carbocycles. The van der Waals surface area contributed by atoms with Gasteiger partial charge in [0.1, 0.15) is 6.54 Å². The van der Waals surface area contributed by atoms with Gasteiger partial charge < -0.3 is 15.4 Å². The fourth-order valence-electron chi connectivity index (χ4n) is 1.45. The van der Waals surface area contributed by atoms with Crippen LogP contribution in [0.2, 0.25) is 0 Å². The normalized spacial score (nSPS) is 9.65. The van der Waals surface area contributed by atoms with Crippen LogP contribution in [0.1, 0.15) is 23.7 Å². The highest BCUT2D eigenvalue weighted by atomic mass is 16.5. The second-order valence-electron chi connectivity index (χ2n) is 3.95. The minimum absolute atomic E-state index is 0.109. The van der Waals surface area contributed by atoms with Crippen molar-refractivity contribution in [2.24, 2.45) is 0 Å². The molecule has 0 spiro atoms. The lowest BCUT2D eigenvalue weighted by Crippen LogP contribution is -2.34. The van der Waals surface area contributed by atoms with E-state index in [1.807, 2.05) is 6.07 Å². The molecule has 1 aromatic rings. The molecule has 0 unspecified atom stereocenters. The highest BCUT2D eigenvalue weighted by Gasteiger charge is 2.07. The van der Waals surface area contributed by atoms with Gasteiger partial charge in [0.05, 0.1) is 6.61 Å². The maximum atomic E-state index is 11.7. The Kier molecular flexibility index (Phi) is 6.81. The van der Waals surface area contributed by atoms with Gasteiger partial charge in [-0.25, -0.2) is 0 Å². The van der Waals surface area contributed by atoms with Gasteiger partial charge in [0.2, 0.25) is 5.91 Å². The van der Waals surface area contributed by atoms with Crippen molar-refractivity contribution in [2.75, 3.05) is 19.7 Å². The van der Waals surface area contributed by atoms with Crippen molar-refractivity contribution >= 4 is 17.8 Å². The van der Waals surface area contributed by atoms with Crippen LogP contribution in [0.4, 0.5) is 0 Å². The first-order valence-corrected chi connectivity index (χ1v) is 6.39. The number of ether oxygens (including phenoxy) is 1. The number of amides is 2. The van der Waals surface area contributed by atoms with Crippen LogP contribution < -0.4 is 10.6 Å². The number of hydrogen-bond acceptors (Lipinski definition) is 4. The van der Waals surface area contributed by atoms with Crippen molar-refractivity contribution in [3.63, 3.8) is 0 Å². The molecule has 6 nitrogen and oxygen atoms in total. The number of nitrogens with one attached hydrogen (secondary N) is 2. The van der Waals surface area contributed by atoms with Gasteiger partial charge in [0, 0.05) is 18.5 Å². The summed E-state index contributed by atoms with van der Waals surface area (Å²) in [6.45, 7) is 2.03. The van der Waals surface area contributed by atoms with Crippen molar-refractivity contribution in [2.45, 2.75) is 13.3 Å². The van der Waals surface area contributed by atoms with Gasteiger partial charge in [0.15, 0.2) is 0 Å². The monoisotopic (exact) mass is 278 g/mol. The first-order valence-electron chi connectivity index (χ1n) is 6.39. The topological polar surface area (TPSA) is 84.5 Å². The third-order valence-electron chi connectivity index (χ3n) is 2.41. The summed E-state index contributed by atoms with van der Waals surface area (Å²) in [6.07, 6.45) is 0.109. The highest BCUT2D eigenvalue weighted by Crippen LogP contribution is 1.97. The number of hydrogen-bond donors (Lipinski definition) is 2. The van der Waals surface area contributed by atoms with E-state index in [1.165, 1.54) is 0 Å². The molecule has 0 saturated heterocycles. The summed E-state index contributed by atoms with van der Waals surface area (Å²) in [5.41, 5.74) is 0.541. The van der Waals surface area contributed by atoms with Crippen molar-refractivity contribution in [3.05, 3.63) is 35.9 Å². The zero-order chi connectivity index (χ0) is 14.8. The van der Waals surface area contributed by atoms with Crippen molar-refractivity contribution in [1.29, 1.82) is 0 Å². The van der Waals surface area contributed by atoms with E-state index in [1.54, 1.807) is 31.2 Å². The van der Waals surface area contributed by atoms with Crippen LogP contribution >= 0.6 is 0 Å². The van der Waals surface area contributed by atoms with Gasteiger partial charge in [-0.3, -0.25) is 14.4 Å². The van der Waals surface area contributed by atoms with Crippen LogP contribution in [-0.2, 0) is 14.3 Å². The minimum Gasteiger partial charge on any atom is -0.465 e. The van der Waals surface area contributed by atoms with Gasteiger partial charge in [0.25, 0.3) is 5.91 Å². The first-order chi connectivity index (χ1) is 9.63. The van der Waals surface area contributed by atoms with E-state index in [0.717, 1.165) is 0 Å². The smallest absolute Gasteiger partial charge is 0.325 e. The van der Waals surface area contributed by atoms with Crippen molar-refractivity contribution < 1.29 is 19.1 Å². The van der Waals surface area contributed by atoms with Crippen LogP contribution in [0.25, 0.3) is 0 Å². The lowest BCUT2D eigenvalue weighted by Gasteiger charge is -2.06. The van der Waals surface area contributed by atoms with E-state index in [4.69, 9.17) is 0 Å². The standard InChI is InChI=1S/C14H18N2O4/c1-2-20-13(18)10-16-12(17)8-9-15-14(19)11-6-4-3-5-7-11/h3-7H,2,8-10H2,1H3,(H,15,19)(H,16,17). The molecule has 2 N–H and O–H groups in total. The second-order valence-corrected chi connectivity index (χ2v) is 3.95. The van der Waals surface area contributed by atoms with E-state index >= 15 is 0 Å². The predicted octanol–water partition coefficient (Wildman–Crippen LogP) is 0.486. The minimum atomic E-state index is -0.478. The quantitative estimate of drug-likeness (QED) is 0.711. The van der Waals surface area contributed by atoms with Crippen molar-refractivity contribution in [1.82, 2.24) is 10.6 Å². The molecule has 6 heteroatoms. The second kappa shape index (κ2) is 8.68. The molecule has 0 aliphatic heterocycles. The summed E-state index contributed by atoms with van der Waals surface area (Å²) in [7, 11) is 0. The Morgan fingerprint density at radius 3 is 2.45 bits per heavy atom. The molecular weight excluding hydrogens is 260 g/mol. The van der Waals surface area contributed by atoms with Crippen molar-refractivity contribution in [3.8, 4) is 0 Å². The average molecular weight is 278 g/mol.